The Morgan fingerprint density at radius 3 is 2.71 bits per heavy atom. The molecule has 1 fully saturated rings. The molecule has 0 spiro atoms. The summed E-state index contributed by atoms with van der Waals surface area (Å²) in [5.74, 6) is 0.968. The number of carbonyl (C=O) groups excluding carboxylic acids is 1. The lowest BCUT2D eigenvalue weighted by Crippen LogP contribution is -2.39. The Labute approximate surface area is 206 Å². The second kappa shape index (κ2) is 10.0. The van der Waals surface area contributed by atoms with Crippen molar-refractivity contribution in [2.75, 3.05) is 18.8 Å². The molecule has 7 nitrogen and oxygen atoms in total. The van der Waals surface area contributed by atoms with Gasteiger partial charge in [-0.3, -0.25) is 18.6 Å². The number of likely N-dealkylation sites (tertiary alicyclic amines) is 1. The van der Waals surface area contributed by atoms with Gasteiger partial charge in [-0.15, -0.1) is 16.8 Å². The maximum Gasteiger partial charge on any atom is 0.263 e. The zero-order valence-corrected chi connectivity index (χ0v) is 20.1. The number of para-hydroxylation sites is 1. The fourth-order valence-electron chi connectivity index (χ4n) is 4.72. The average molecular weight is 492 g/mol. The van der Waals surface area contributed by atoms with Crippen LogP contribution in [0.5, 0.6) is 0 Å². The number of carbonyl (C=O) groups is 1. The Hall–Kier alpha value is -3.46. The molecule has 180 valence electrons. The Kier molecular flexibility index (Phi) is 6.68. The second-order valence-electron chi connectivity index (χ2n) is 8.79. The largest absolute Gasteiger partial charge is 0.342 e. The van der Waals surface area contributed by atoms with Crippen molar-refractivity contribution in [2.24, 2.45) is 5.92 Å². The van der Waals surface area contributed by atoms with Crippen LogP contribution >= 0.6 is 11.8 Å². The molecule has 0 aliphatic carbocycles. The molecule has 35 heavy (non-hydrogen) atoms. The standard InChI is InChI=1S/C26H26FN5O2S/c1-2-12-31-24(34)21-8-3-4-9-22(21)32-25(31)28-29-26(32)35-17-23(33)30-13-10-18(11-14-30)15-19-6-5-7-20(27)16-19/h2-9,16,18H,1,10-15,17H2. The summed E-state index contributed by atoms with van der Waals surface area (Å²) in [4.78, 5) is 27.8. The molecule has 0 atom stereocenters. The third-order valence-electron chi connectivity index (χ3n) is 6.50. The smallest absolute Gasteiger partial charge is 0.263 e. The van der Waals surface area contributed by atoms with Gasteiger partial charge in [-0.25, -0.2) is 4.39 Å². The van der Waals surface area contributed by atoms with Crippen LogP contribution in [-0.2, 0) is 17.8 Å². The van der Waals surface area contributed by atoms with E-state index in [1.807, 2.05) is 33.6 Å². The van der Waals surface area contributed by atoms with E-state index in [-0.39, 0.29) is 23.0 Å². The predicted molar refractivity (Wildman–Crippen MR) is 135 cm³/mol. The molecule has 2 aromatic heterocycles. The summed E-state index contributed by atoms with van der Waals surface area (Å²) in [6, 6.07) is 14.1. The zero-order chi connectivity index (χ0) is 24.4. The van der Waals surface area contributed by atoms with Crippen LogP contribution < -0.4 is 5.56 Å². The van der Waals surface area contributed by atoms with E-state index in [2.05, 4.69) is 16.8 Å². The van der Waals surface area contributed by atoms with Crippen LogP contribution in [0.25, 0.3) is 16.7 Å². The van der Waals surface area contributed by atoms with Gasteiger partial charge in [0.15, 0.2) is 5.16 Å². The summed E-state index contributed by atoms with van der Waals surface area (Å²) in [7, 11) is 0. The maximum absolute atomic E-state index is 13.5. The summed E-state index contributed by atoms with van der Waals surface area (Å²) in [5.41, 5.74) is 1.58. The van der Waals surface area contributed by atoms with E-state index in [4.69, 9.17) is 0 Å². The van der Waals surface area contributed by atoms with Crippen LogP contribution in [-0.4, -0.2) is 48.8 Å². The summed E-state index contributed by atoms with van der Waals surface area (Å²) >= 11 is 1.33. The number of nitrogens with zero attached hydrogens (tertiary/aromatic N) is 5. The minimum absolute atomic E-state index is 0.0553. The molecule has 3 heterocycles. The Balaban J connectivity index is 1.27. The quantitative estimate of drug-likeness (QED) is 0.289. The van der Waals surface area contributed by atoms with Gasteiger partial charge in [-0.1, -0.05) is 42.1 Å². The third-order valence-corrected chi connectivity index (χ3v) is 7.41. The summed E-state index contributed by atoms with van der Waals surface area (Å²) in [5, 5.41) is 9.68. The molecule has 0 unspecified atom stereocenters. The normalized spacial score (nSPS) is 14.6. The lowest BCUT2D eigenvalue weighted by Gasteiger charge is -2.32. The van der Waals surface area contributed by atoms with E-state index in [1.165, 1.54) is 22.4 Å². The van der Waals surface area contributed by atoms with Crippen LogP contribution in [0.2, 0.25) is 0 Å². The van der Waals surface area contributed by atoms with Crippen molar-refractivity contribution in [1.29, 1.82) is 0 Å². The van der Waals surface area contributed by atoms with E-state index in [0.717, 1.165) is 24.8 Å². The van der Waals surface area contributed by atoms with E-state index in [0.29, 0.717) is 47.4 Å². The van der Waals surface area contributed by atoms with Crippen LogP contribution in [0.15, 0.2) is 71.1 Å². The lowest BCUT2D eigenvalue weighted by molar-refractivity contribution is -0.129. The third kappa shape index (κ3) is 4.73. The Morgan fingerprint density at radius 2 is 1.94 bits per heavy atom. The highest BCUT2D eigenvalue weighted by Gasteiger charge is 2.24. The van der Waals surface area contributed by atoms with Crippen molar-refractivity contribution in [2.45, 2.75) is 31.0 Å². The van der Waals surface area contributed by atoms with Gasteiger partial charge in [0, 0.05) is 19.6 Å². The number of allylic oxidation sites excluding steroid dienone is 1. The minimum atomic E-state index is -0.206. The monoisotopic (exact) mass is 491 g/mol. The number of aromatic nitrogens is 4. The number of hydrogen-bond donors (Lipinski definition) is 0. The molecular weight excluding hydrogens is 465 g/mol. The van der Waals surface area contributed by atoms with Gasteiger partial charge in [0.2, 0.25) is 11.7 Å². The van der Waals surface area contributed by atoms with Crippen LogP contribution in [0, 0.1) is 11.7 Å². The minimum Gasteiger partial charge on any atom is -0.342 e. The number of amides is 1. The average Bonchev–Trinajstić information content (AvgIpc) is 3.29. The number of rotatable bonds is 7. The lowest BCUT2D eigenvalue weighted by atomic mass is 9.90. The van der Waals surface area contributed by atoms with Crippen molar-refractivity contribution in [3.8, 4) is 0 Å². The SMILES string of the molecule is C=CCn1c(=O)c2ccccc2n2c(SCC(=O)N3CCC(Cc4cccc(F)c4)CC3)nnc12. The molecule has 1 aliphatic heterocycles. The summed E-state index contributed by atoms with van der Waals surface area (Å²) in [6.07, 6.45) is 4.29. The first-order valence-electron chi connectivity index (χ1n) is 11.7. The van der Waals surface area contributed by atoms with Gasteiger partial charge >= 0.3 is 0 Å². The van der Waals surface area contributed by atoms with Crippen LogP contribution in [0.3, 0.4) is 0 Å². The molecule has 4 aromatic rings. The fourth-order valence-corrected chi connectivity index (χ4v) is 5.56. The van der Waals surface area contributed by atoms with Crippen molar-refractivity contribution in [1.82, 2.24) is 24.1 Å². The number of benzene rings is 2. The first-order chi connectivity index (χ1) is 17.0. The van der Waals surface area contributed by atoms with Gasteiger partial charge in [-0.2, -0.15) is 0 Å². The van der Waals surface area contributed by atoms with Gasteiger partial charge < -0.3 is 4.90 Å². The molecule has 0 saturated carbocycles. The van der Waals surface area contributed by atoms with Crippen molar-refractivity contribution in [3.05, 3.63) is 82.9 Å². The highest BCUT2D eigenvalue weighted by Crippen LogP contribution is 2.25. The molecule has 0 bridgehead atoms. The van der Waals surface area contributed by atoms with Crippen molar-refractivity contribution < 1.29 is 9.18 Å². The van der Waals surface area contributed by atoms with Gasteiger partial charge in [0.25, 0.3) is 5.56 Å². The first kappa shape index (κ1) is 23.3. The van der Waals surface area contributed by atoms with Crippen LogP contribution in [0.4, 0.5) is 4.39 Å². The predicted octanol–water partition coefficient (Wildman–Crippen LogP) is 3.94. The van der Waals surface area contributed by atoms with E-state index in [9.17, 15) is 14.0 Å². The number of piperidine rings is 1. The molecule has 0 radical (unpaired) electrons. The van der Waals surface area contributed by atoms with Crippen molar-refractivity contribution in [3.63, 3.8) is 0 Å². The molecule has 2 aromatic carbocycles. The number of thioether (sulfide) groups is 1. The Morgan fingerprint density at radius 1 is 1.14 bits per heavy atom. The van der Waals surface area contributed by atoms with Crippen LogP contribution in [0.1, 0.15) is 18.4 Å². The second-order valence-corrected chi connectivity index (χ2v) is 9.73. The molecule has 5 rings (SSSR count). The van der Waals surface area contributed by atoms with Crippen molar-refractivity contribution >= 4 is 34.3 Å². The zero-order valence-electron chi connectivity index (χ0n) is 19.3. The van der Waals surface area contributed by atoms with E-state index < -0.39 is 0 Å². The number of halogens is 1. The molecule has 1 amide bonds. The topological polar surface area (TPSA) is 72.5 Å². The fraction of sp³-hybridized carbons (Fsp3) is 0.308. The van der Waals surface area contributed by atoms with E-state index in [1.54, 1.807) is 24.3 Å². The Bertz CT molecular complexity index is 1460. The van der Waals surface area contributed by atoms with Gasteiger partial charge in [-0.05, 0) is 55.0 Å². The summed E-state index contributed by atoms with van der Waals surface area (Å²) in [6.45, 7) is 5.46. The van der Waals surface area contributed by atoms with E-state index >= 15 is 0 Å². The summed E-state index contributed by atoms with van der Waals surface area (Å²) < 4.78 is 16.8. The molecular formula is C26H26FN5O2S. The maximum atomic E-state index is 13.5. The van der Waals surface area contributed by atoms with Gasteiger partial charge in [0.05, 0.1) is 16.7 Å². The highest BCUT2D eigenvalue weighted by molar-refractivity contribution is 7.99. The molecule has 0 N–H and O–H groups in total. The molecule has 1 aliphatic rings. The highest BCUT2D eigenvalue weighted by atomic mass is 32.2. The number of hydrogen-bond acceptors (Lipinski definition) is 5. The van der Waals surface area contributed by atoms with Gasteiger partial charge in [0.1, 0.15) is 5.82 Å². The first-order valence-corrected chi connectivity index (χ1v) is 12.7. The molecule has 9 heteroatoms. The molecule has 1 saturated heterocycles. The number of fused-ring (bicyclic) bond motifs is 3.